The van der Waals surface area contributed by atoms with Crippen molar-refractivity contribution in [2.75, 3.05) is 5.32 Å². The molecule has 1 aliphatic carbocycles. The molecule has 2 N–H and O–H groups in total. The third-order valence-corrected chi connectivity index (χ3v) is 2.47. The van der Waals surface area contributed by atoms with Crippen molar-refractivity contribution < 1.29 is 22.8 Å². The van der Waals surface area contributed by atoms with Gasteiger partial charge in [-0.2, -0.15) is 0 Å². The second-order valence-electron chi connectivity index (χ2n) is 3.94. The molecule has 0 saturated heterocycles. The van der Waals surface area contributed by atoms with Crippen LogP contribution in [0.25, 0.3) is 0 Å². The molecule has 2 rings (SSSR count). The van der Waals surface area contributed by atoms with Crippen LogP contribution in [0.3, 0.4) is 0 Å². The number of amides is 3. The monoisotopic (exact) mass is 258 g/mol. The fraction of sp³-hybridized carbons (Fsp3) is 0.273. The molecule has 0 heterocycles. The molecule has 1 aromatic carbocycles. The van der Waals surface area contributed by atoms with E-state index in [-0.39, 0.29) is 5.92 Å². The van der Waals surface area contributed by atoms with Gasteiger partial charge in [0.2, 0.25) is 5.91 Å². The van der Waals surface area contributed by atoms with E-state index in [0.717, 1.165) is 6.07 Å². The smallest absolute Gasteiger partial charge is 0.305 e. The van der Waals surface area contributed by atoms with Gasteiger partial charge in [0.15, 0.2) is 17.5 Å². The molecule has 1 saturated carbocycles. The van der Waals surface area contributed by atoms with Gasteiger partial charge in [-0.3, -0.25) is 10.1 Å². The molecular formula is C11H9F3N2O2. The van der Waals surface area contributed by atoms with E-state index in [2.05, 4.69) is 0 Å². The minimum Gasteiger partial charge on any atom is -0.305 e. The zero-order chi connectivity index (χ0) is 13.3. The summed E-state index contributed by atoms with van der Waals surface area (Å²) in [6.07, 6.45) is 1.41. The highest BCUT2D eigenvalue weighted by atomic mass is 19.2. The van der Waals surface area contributed by atoms with Gasteiger partial charge >= 0.3 is 6.03 Å². The molecule has 4 nitrogen and oxygen atoms in total. The van der Waals surface area contributed by atoms with E-state index in [4.69, 9.17) is 0 Å². The Bertz CT molecular complexity index is 515. The summed E-state index contributed by atoms with van der Waals surface area (Å²) in [5.74, 6) is -5.20. The van der Waals surface area contributed by atoms with Gasteiger partial charge in [-0.25, -0.2) is 18.0 Å². The molecule has 0 unspecified atom stereocenters. The third kappa shape index (κ3) is 2.61. The minimum atomic E-state index is -1.68. The lowest BCUT2D eigenvalue weighted by molar-refractivity contribution is -0.121. The summed E-state index contributed by atoms with van der Waals surface area (Å²) in [6.45, 7) is 0. The summed E-state index contributed by atoms with van der Waals surface area (Å²) < 4.78 is 38.7. The lowest BCUT2D eigenvalue weighted by Crippen LogP contribution is -2.35. The second-order valence-corrected chi connectivity index (χ2v) is 3.94. The van der Waals surface area contributed by atoms with Gasteiger partial charge in [-0.1, -0.05) is 0 Å². The Morgan fingerprint density at radius 2 is 1.78 bits per heavy atom. The molecule has 0 aromatic heterocycles. The number of carbonyl (C=O) groups is 2. The number of anilines is 1. The van der Waals surface area contributed by atoms with Crippen molar-refractivity contribution in [3.63, 3.8) is 0 Å². The number of benzene rings is 1. The van der Waals surface area contributed by atoms with E-state index in [1.54, 1.807) is 0 Å². The van der Waals surface area contributed by atoms with Crippen LogP contribution in [-0.2, 0) is 4.79 Å². The average molecular weight is 258 g/mol. The minimum absolute atomic E-state index is 0.189. The van der Waals surface area contributed by atoms with Gasteiger partial charge in [0.25, 0.3) is 0 Å². The quantitative estimate of drug-likeness (QED) is 0.798. The topological polar surface area (TPSA) is 58.2 Å². The molecule has 1 aromatic rings. The van der Waals surface area contributed by atoms with E-state index >= 15 is 0 Å². The van der Waals surface area contributed by atoms with Crippen LogP contribution in [-0.4, -0.2) is 11.9 Å². The number of urea groups is 1. The summed E-state index contributed by atoms with van der Waals surface area (Å²) in [4.78, 5) is 22.5. The Morgan fingerprint density at radius 3 is 2.39 bits per heavy atom. The number of hydrogen-bond acceptors (Lipinski definition) is 2. The first-order valence-electron chi connectivity index (χ1n) is 5.24. The zero-order valence-electron chi connectivity index (χ0n) is 9.10. The number of hydrogen-bond donors (Lipinski definition) is 2. The van der Waals surface area contributed by atoms with Crippen molar-refractivity contribution in [2.24, 2.45) is 5.92 Å². The first-order chi connectivity index (χ1) is 8.49. The van der Waals surface area contributed by atoms with Crippen molar-refractivity contribution in [1.29, 1.82) is 0 Å². The summed E-state index contributed by atoms with van der Waals surface area (Å²) in [6, 6.07) is 0.572. The number of rotatable bonds is 2. The van der Waals surface area contributed by atoms with Crippen LogP contribution in [0.4, 0.5) is 23.7 Å². The normalized spacial score (nSPS) is 14.2. The fourth-order valence-electron chi connectivity index (χ4n) is 1.34. The fourth-order valence-corrected chi connectivity index (χ4v) is 1.34. The van der Waals surface area contributed by atoms with Crippen molar-refractivity contribution >= 4 is 17.6 Å². The predicted molar refractivity (Wildman–Crippen MR) is 56.2 cm³/mol. The van der Waals surface area contributed by atoms with Crippen molar-refractivity contribution in [2.45, 2.75) is 12.8 Å². The second kappa shape index (κ2) is 4.67. The number of halogens is 3. The third-order valence-electron chi connectivity index (χ3n) is 2.47. The summed E-state index contributed by atoms with van der Waals surface area (Å²) >= 11 is 0. The first-order valence-corrected chi connectivity index (χ1v) is 5.24. The predicted octanol–water partition coefficient (Wildman–Crippen LogP) is 2.16. The molecule has 18 heavy (non-hydrogen) atoms. The highest BCUT2D eigenvalue weighted by molar-refractivity contribution is 6.02. The molecule has 0 atom stereocenters. The molecule has 1 fully saturated rings. The van der Waals surface area contributed by atoms with E-state index in [1.165, 1.54) is 0 Å². The van der Waals surface area contributed by atoms with Crippen LogP contribution in [0.15, 0.2) is 12.1 Å². The maximum Gasteiger partial charge on any atom is 0.325 e. The van der Waals surface area contributed by atoms with Crippen LogP contribution in [0.5, 0.6) is 0 Å². The highest BCUT2D eigenvalue weighted by Gasteiger charge is 2.30. The maximum atomic E-state index is 13.2. The summed E-state index contributed by atoms with van der Waals surface area (Å²) in [7, 11) is 0. The number of carbonyl (C=O) groups excluding carboxylic acids is 2. The van der Waals surface area contributed by atoms with Crippen LogP contribution in [0.1, 0.15) is 12.8 Å². The lowest BCUT2D eigenvalue weighted by Gasteiger charge is -2.07. The van der Waals surface area contributed by atoms with E-state index < -0.39 is 35.1 Å². The van der Waals surface area contributed by atoms with Gasteiger partial charge in [0, 0.05) is 5.92 Å². The molecule has 96 valence electrons. The van der Waals surface area contributed by atoms with Gasteiger partial charge in [-0.05, 0) is 25.0 Å². The van der Waals surface area contributed by atoms with E-state index in [9.17, 15) is 22.8 Å². The lowest BCUT2D eigenvalue weighted by atomic mass is 10.3. The first kappa shape index (κ1) is 12.4. The average Bonchev–Trinajstić information content (AvgIpc) is 3.14. The van der Waals surface area contributed by atoms with E-state index in [0.29, 0.717) is 18.9 Å². The number of nitrogens with one attached hydrogen (secondary N) is 2. The Morgan fingerprint density at radius 1 is 1.11 bits per heavy atom. The largest absolute Gasteiger partial charge is 0.325 e. The molecule has 0 bridgehead atoms. The number of imide groups is 1. The molecule has 7 heteroatoms. The van der Waals surface area contributed by atoms with Crippen LogP contribution >= 0.6 is 0 Å². The van der Waals surface area contributed by atoms with Crippen molar-refractivity contribution in [3.8, 4) is 0 Å². The van der Waals surface area contributed by atoms with Crippen molar-refractivity contribution in [3.05, 3.63) is 29.6 Å². The van der Waals surface area contributed by atoms with Crippen LogP contribution in [0.2, 0.25) is 0 Å². The van der Waals surface area contributed by atoms with E-state index in [1.807, 2.05) is 10.6 Å². The van der Waals surface area contributed by atoms with Gasteiger partial charge in [0.1, 0.15) is 0 Å². The van der Waals surface area contributed by atoms with Crippen molar-refractivity contribution in [1.82, 2.24) is 5.32 Å². The van der Waals surface area contributed by atoms with Gasteiger partial charge < -0.3 is 5.32 Å². The van der Waals surface area contributed by atoms with Crippen LogP contribution < -0.4 is 10.6 Å². The molecule has 3 amide bonds. The summed E-state index contributed by atoms with van der Waals surface area (Å²) in [5, 5.41) is 3.92. The molecule has 1 aliphatic rings. The maximum absolute atomic E-state index is 13.2. The van der Waals surface area contributed by atoms with Crippen LogP contribution in [0, 0.1) is 23.4 Å². The Labute approximate surface area is 100 Å². The highest BCUT2D eigenvalue weighted by Crippen LogP contribution is 2.28. The molecular weight excluding hydrogens is 249 g/mol. The molecule has 0 aliphatic heterocycles. The zero-order valence-corrected chi connectivity index (χ0v) is 9.10. The Hall–Kier alpha value is -2.05. The Balaban J connectivity index is 2.02. The van der Waals surface area contributed by atoms with Gasteiger partial charge in [-0.15, -0.1) is 0 Å². The SMILES string of the molecule is O=C(NC(=O)C1CC1)Nc1ccc(F)c(F)c1F. The Kier molecular flexibility index (Phi) is 3.22. The van der Waals surface area contributed by atoms with Gasteiger partial charge in [0.05, 0.1) is 5.69 Å². The molecule has 0 spiro atoms. The standard InChI is InChI=1S/C11H9F3N2O2/c12-6-3-4-7(9(14)8(6)13)15-11(18)16-10(17)5-1-2-5/h3-5H,1-2H2,(H2,15,16,17,18). The molecule has 0 radical (unpaired) electrons. The summed E-state index contributed by atoms with van der Waals surface area (Å²) in [5.41, 5.74) is -0.532.